The normalized spacial score (nSPS) is 18.1. The van der Waals surface area contributed by atoms with Gasteiger partial charge in [0.05, 0.1) is 35.6 Å². The Balaban J connectivity index is 2.29. The molecule has 2 rings (SSSR count). The van der Waals surface area contributed by atoms with Gasteiger partial charge in [0, 0.05) is 13.1 Å². The Bertz CT molecular complexity index is 584. The minimum atomic E-state index is -2.94. The van der Waals surface area contributed by atoms with Crippen LogP contribution in [-0.4, -0.2) is 46.1 Å². The summed E-state index contributed by atoms with van der Waals surface area (Å²) >= 11 is 0. The third kappa shape index (κ3) is 2.81. The molecule has 19 heavy (non-hydrogen) atoms. The Morgan fingerprint density at radius 3 is 2.53 bits per heavy atom. The number of carbonyl (C=O) groups is 1. The Labute approximate surface area is 112 Å². The Hall–Kier alpha value is -1.76. The maximum atomic E-state index is 11.6. The van der Waals surface area contributed by atoms with Gasteiger partial charge in [0.2, 0.25) is 0 Å². The molecule has 0 spiro atoms. The third-order valence-corrected chi connectivity index (χ3v) is 4.78. The number of nitrogens with two attached hydrogens (primary N) is 1. The molecule has 0 aromatic heterocycles. The van der Waals surface area contributed by atoms with Crippen molar-refractivity contribution in [3.05, 3.63) is 23.8 Å². The SMILES string of the molecule is COC(=O)c1cccc(N2CCS(=O)(=O)CC2)c1N. The van der Waals surface area contributed by atoms with Crippen molar-refractivity contribution in [3.63, 3.8) is 0 Å². The highest BCUT2D eigenvalue weighted by molar-refractivity contribution is 7.91. The highest BCUT2D eigenvalue weighted by Gasteiger charge is 2.24. The van der Waals surface area contributed by atoms with Crippen LogP contribution in [-0.2, 0) is 14.6 Å². The molecule has 0 bridgehead atoms. The number of para-hydroxylation sites is 1. The number of benzene rings is 1. The Morgan fingerprint density at radius 1 is 1.32 bits per heavy atom. The van der Waals surface area contributed by atoms with Gasteiger partial charge in [-0.25, -0.2) is 13.2 Å². The lowest BCUT2D eigenvalue weighted by molar-refractivity contribution is 0.0602. The molecular weight excluding hydrogens is 268 g/mol. The van der Waals surface area contributed by atoms with Crippen molar-refractivity contribution in [2.75, 3.05) is 42.3 Å². The highest BCUT2D eigenvalue weighted by atomic mass is 32.2. The zero-order valence-electron chi connectivity index (χ0n) is 10.6. The Morgan fingerprint density at radius 2 is 1.95 bits per heavy atom. The van der Waals surface area contributed by atoms with E-state index in [1.165, 1.54) is 7.11 Å². The molecule has 104 valence electrons. The quantitative estimate of drug-likeness (QED) is 0.620. The second kappa shape index (κ2) is 5.08. The van der Waals surface area contributed by atoms with E-state index in [4.69, 9.17) is 5.73 Å². The molecule has 1 fully saturated rings. The summed E-state index contributed by atoms with van der Waals surface area (Å²) in [6.45, 7) is 0.772. The molecule has 0 unspecified atom stereocenters. The first-order valence-corrected chi connectivity index (χ1v) is 7.69. The molecule has 0 amide bonds. The average Bonchev–Trinajstić information content (AvgIpc) is 2.39. The lowest BCUT2D eigenvalue weighted by atomic mass is 10.1. The fraction of sp³-hybridized carbons (Fsp3) is 0.417. The van der Waals surface area contributed by atoms with Crippen LogP contribution >= 0.6 is 0 Å². The largest absolute Gasteiger partial charge is 0.465 e. The summed E-state index contributed by atoms with van der Waals surface area (Å²) in [6, 6.07) is 5.08. The predicted molar refractivity (Wildman–Crippen MR) is 73.1 cm³/mol. The second-order valence-electron chi connectivity index (χ2n) is 4.37. The number of nitrogen functional groups attached to an aromatic ring is 1. The number of anilines is 2. The molecule has 1 aromatic carbocycles. The van der Waals surface area contributed by atoms with Crippen molar-refractivity contribution in [1.29, 1.82) is 0 Å². The van der Waals surface area contributed by atoms with Crippen molar-refractivity contribution in [2.24, 2.45) is 0 Å². The van der Waals surface area contributed by atoms with Gasteiger partial charge in [0.25, 0.3) is 0 Å². The van der Waals surface area contributed by atoms with Gasteiger partial charge in [0.15, 0.2) is 9.84 Å². The Kier molecular flexibility index (Phi) is 3.66. The smallest absolute Gasteiger partial charge is 0.340 e. The lowest BCUT2D eigenvalue weighted by Gasteiger charge is -2.30. The van der Waals surface area contributed by atoms with E-state index in [2.05, 4.69) is 4.74 Å². The molecule has 0 radical (unpaired) electrons. The summed E-state index contributed by atoms with van der Waals surface area (Å²) in [4.78, 5) is 13.4. The van der Waals surface area contributed by atoms with Crippen LogP contribution in [0.3, 0.4) is 0 Å². The monoisotopic (exact) mass is 284 g/mol. The van der Waals surface area contributed by atoms with Gasteiger partial charge in [-0.05, 0) is 12.1 Å². The molecule has 6 nitrogen and oxygen atoms in total. The maximum absolute atomic E-state index is 11.6. The molecule has 1 aliphatic rings. The van der Waals surface area contributed by atoms with Gasteiger partial charge >= 0.3 is 5.97 Å². The zero-order valence-corrected chi connectivity index (χ0v) is 11.4. The summed E-state index contributed by atoms with van der Waals surface area (Å²) < 4.78 is 27.5. The summed E-state index contributed by atoms with van der Waals surface area (Å²) in [5.41, 5.74) is 7.27. The van der Waals surface area contributed by atoms with Gasteiger partial charge in [-0.2, -0.15) is 0 Å². The molecule has 0 aliphatic carbocycles. The predicted octanol–water partition coefficient (Wildman–Crippen LogP) is 0.290. The van der Waals surface area contributed by atoms with Crippen LogP contribution in [0.1, 0.15) is 10.4 Å². The first kappa shape index (κ1) is 13.7. The second-order valence-corrected chi connectivity index (χ2v) is 6.67. The summed E-state index contributed by atoms with van der Waals surface area (Å²) in [5, 5.41) is 0. The zero-order chi connectivity index (χ0) is 14.0. The first-order chi connectivity index (χ1) is 8.94. The van der Waals surface area contributed by atoms with Crippen molar-refractivity contribution in [1.82, 2.24) is 0 Å². The minimum Gasteiger partial charge on any atom is -0.465 e. The molecule has 1 aromatic rings. The van der Waals surface area contributed by atoms with E-state index in [0.717, 1.165) is 0 Å². The van der Waals surface area contributed by atoms with Crippen molar-refractivity contribution in [2.45, 2.75) is 0 Å². The van der Waals surface area contributed by atoms with Crippen LogP contribution in [0.2, 0.25) is 0 Å². The maximum Gasteiger partial charge on any atom is 0.340 e. The number of methoxy groups -OCH3 is 1. The molecule has 1 aliphatic heterocycles. The number of rotatable bonds is 2. The van der Waals surface area contributed by atoms with Crippen LogP contribution in [0.15, 0.2) is 18.2 Å². The first-order valence-electron chi connectivity index (χ1n) is 5.87. The van der Waals surface area contributed by atoms with Gasteiger partial charge in [0.1, 0.15) is 0 Å². The van der Waals surface area contributed by atoms with Gasteiger partial charge < -0.3 is 15.4 Å². The average molecular weight is 284 g/mol. The molecule has 7 heteroatoms. The number of carbonyl (C=O) groups excluding carboxylic acids is 1. The summed E-state index contributed by atoms with van der Waals surface area (Å²) in [7, 11) is -1.65. The van der Waals surface area contributed by atoms with Crippen LogP contribution in [0.25, 0.3) is 0 Å². The number of hydrogen-bond acceptors (Lipinski definition) is 6. The van der Waals surface area contributed by atoms with Gasteiger partial charge in [-0.3, -0.25) is 0 Å². The van der Waals surface area contributed by atoms with E-state index < -0.39 is 15.8 Å². The number of hydrogen-bond donors (Lipinski definition) is 1. The summed E-state index contributed by atoms with van der Waals surface area (Å²) in [5.74, 6) is -0.284. The minimum absolute atomic E-state index is 0.106. The topological polar surface area (TPSA) is 89.7 Å². The van der Waals surface area contributed by atoms with Gasteiger partial charge in [-0.1, -0.05) is 6.07 Å². The highest BCUT2D eigenvalue weighted by Crippen LogP contribution is 2.28. The molecule has 1 heterocycles. The van der Waals surface area contributed by atoms with E-state index in [0.29, 0.717) is 30.0 Å². The fourth-order valence-electron chi connectivity index (χ4n) is 2.07. The number of ether oxygens (including phenoxy) is 1. The van der Waals surface area contributed by atoms with Crippen LogP contribution in [0, 0.1) is 0 Å². The number of nitrogens with zero attached hydrogens (tertiary/aromatic N) is 1. The molecule has 0 saturated carbocycles. The molecule has 2 N–H and O–H groups in total. The standard InChI is InChI=1S/C12H16N2O4S/c1-18-12(15)9-3-2-4-10(11(9)13)14-5-7-19(16,17)8-6-14/h2-4H,5-8,13H2,1H3. The lowest BCUT2D eigenvalue weighted by Crippen LogP contribution is -2.40. The molecular formula is C12H16N2O4S. The summed E-state index contributed by atoms with van der Waals surface area (Å²) in [6.07, 6.45) is 0. The number of sulfone groups is 1. The van der Waals surface area contributed by atoms with E-state index in [-0.39, 0.29) is 11.5 Å². The van der Waals surface area contributed by atoms with Crippen molar-refractivity contribution >= 4 is 27.2 Å². The van der Waals surface area contributed by atoms with Crippen LogP contribution < -0.4 is 10.6 Å². The fourth-order valence-corrected chi connectivity index (χ4v) is 3.27. The van der Waals surface area contributed by atoms with Crippen LogP contribution in [0.5, 0.6) is 0 Å². The third-order valence-electron chi connectivity index (χ3n) is 3.17. The van der Waals surface area contributed by atoms with Crippen molar-refractivity contribution < 1.29 is 17.9 Å². The molecule has 1 saturated heterocycles. The van der Waals surface area contributed by atoms with Gasteiger partial charge in [-0.15, -0.1) is 0 Å². The van der Waals surface area contributed by atoms with E-state index >= 15 is 0 Å². The van der Waals surface area contributed by atoms with E-state index in [1.54, 1.807) is 18.2 Å². The van der Waals surface area contributed by atoms with Crippen LogP contribution in [0.4, 0.5) is 11.4 Å². The molecule has 0 atom stereocenters. The van der Waals surface area contributed by atoms with E-state index in [1.807, 2.05) is 4.90 Å². The van der Waals surface area contributed by atoms with E-state index in [9.17, 15) is 13.2 Å². The van der Waals surface area contributed by atoms with Crippen molar-refractivity contribution in [3.8, 4) is 0 Å². The number of esters is 1.